The van der Waals surface area contributed by atoms with Crippen molar-refractivity contribution < 1.29 is 19.4 Å². The molecule has 1 amide bonds. The Morgan fingerprint density at radius 3 is 2.75 bits per heavy atom. The molecule has 0 radical (unpaired) electrons. The van der Waals surface area contributed by atoms with Crippen molar-refractivity contribution in [1.82, 2.24) is 4.90 Å². The summed E-state index contributed by atoms with van der Waals surface area (Å²) in [5.41, 5.74) is 0.124. The zero-order valence-electron chi connectivity index (χ0n) is 11.1. The van der Waals surface area contributed by atoms with E-state index in [4.69, 9.17) is 4.74 Å². The number of carbonyl (C=O) groups is 2. The molecule has 0 aromatic heterocycles. The van der Waals surface area contributed by atoms with Gasteiger partial charge in [0, 0.05) is 11.0 Å². The van der Waals surface area contributed by atoms with Gasteiger partial charge in [-0.3, -0.25) is 9.59 Å². The number of nitrogens with zero attached hydrogens (tertiary/aromatic N) is 1. The smallest absolute Gasteiger partial charge is 0.325 e. The molecule has 0 spiro atoms. The molecule has 1 aromatic carbocycles. The van der Waals surface area contributed by atoms with E-state index in [1.54, 1.807) is 13.0 Å². The van der Waals surface area contributed by atoms with Crippen molar-refractivity contribution in [2.75, 3.05) is 19.7 Å². The molecule has 0 fully saturated rings. The Hall–Kier alpha value is -1.82. The Morgan fingerprint density at radius 2 is 2.20 bits per heavy atom. The number of rotatable bonds is 6. The molecule has 0 saturated heterocycles. The highest BCUT2D eigenvalue weighted by atomic mass is 79.9. The lowest BCUT2D eigenvalue weighted by atomic mass is 10.1. The highest BCUT2D eigenvalue weighted by molar-refractivity contribution is 9.10. The minimum Gasteiger partial charge on any atom is -0.507 e. The van der Waals surface area contributed by atoms with Crippen LogP contribution in [0.25, 0.3) is 0 Å². The predicted molar refractivity (Wildman–Crippen MR) is 78.5 cm³/mol. The van der Waals surface area contributed by atoms with Crippen LogP contribution in [0.2, 0.25) is 0 Å². The van der Waals surface area contributed by atoms with Crippen LogP contribution in [0.5, 0.6) is 5.75 Å². The van der Waals surface area contributed by atoms with Gasteiger partial charge in [0.2, 0.25) is 0 Å². The van der Waals surface area contributed by atoms with Gasteiger partial charge in [-0.2, -0.15) is 0 Å². The van der Waals surface area contributed by atoms with Crippen molar-refractivity contribution in [2.45, 2.75) is 6.92 Å². The zero-order valence-corrected chi connectivity index (χ0v) is 12.7. The molecule has 1 rings (SSSR count). The zero-order chi connectivity index (χ0) is 15.1. The van der Waals surface area contributed by atoms with Gasteiger partial charge in [0.25, 0.3) is 5.91 Å². The summed E-state index contributed by atoms with van der Waals surface area (Å²) in [5, 5.41) is 9.80. The average Bonchev–Trinajstić information content (AvgIpc) is 2.38. The fraction of sp³-hybridized carbons (Fsp3) is 0.286. The fourth-order valence-electron chi connectivity index (χ4n) is 1.59. The standard InChI is InChI=1S/C14H16BrNO4/c1-3-7-16(9-13(18)20-4-2)14(19)11-6-5-10(15)8-12(11)17/h3,5-6,8,17H,1,4,7,9H2,2H3. The molecule has 0 heterocycles. The summed E-state index contributed by atoms with van der Waals surface area (Å²) in [4.78, 5) is 25.0. The maximum atomic E-state index is 12.3. The van der Waals surface area contributed by atoms with Gasteiger partial charge in [0.05, 0.1) is 12.2 Å². The van der Waals surface area contributed by atoms with E-state index in [1.807, 2.05) is 0 Å². The summed E-state index contributed by atoms with van der Waals surface area (Å²) >= 11 is 3.20. The Morgan fingerprint density at radius 1 is 1.50 bits per heavy atom. The molecule has 5 nitrogen and oxygen atoms in total. The van der Waals surface area contributed by atoms with Crippen LogP contribution in [0.15, 0.2) is 35.3 Å². The summed E-state index contributed by atoms with van der Waals surface area (Å²) in [5.74, 6) is -1.11. The molecule has 0 aliphatic heterocycles. The van der Waals surface area contributed by atoms with E-state index in [9.17, 15) is 14.7 Å². The van der Waals surface area contributed by atoms with Crippen LogP contribution >= 0.6 is 15.9 Å². The van der Waals surface area contributed by atoms with E-state index < -0.39 is 11.9 Å². The first-order valence-electron chi connectivity index (χ1n) is 6.03. The number of ether oxygens (including phenoxy) is 1. The van der Waals surface area contributed by atoms with E-state index in [0.717, 1.165) is 0 Å². The average molecular weight is 342 g/mol. The molecule has 20 heavy (non-hydrogen) atoms. The topological polar surface area (TPSA) is 66.8 Å². The van der Waals surface area contributed by atoms with Crippen molar-refractivity contribution in [3.8, 4) is 5.75 Å². The first-order chi connectivity index (χ1) is 9.49. The van der Waals surface area contributed by atoms with Gasteiger partial charge in [-0.15, -0.1) is 6.58 Å². The minimum atomic E-state index is -0.501. The lowest BCUT2D eigenvalue weighted by Crippen LogP contribution is -2.36. The lowest BCUT2D eigenvalue weighted by Gasteiger charge is -2.20. The molecule has 0 aliphatic carbocycles. The van der Waals surface area contributed by atoms with Gasteiger partial charge in [0.1, 0.15) is 12.3 Å². The van der Waals surface area contributed by atoms with Crippen molar-refractivity contribution in [1.29, 1.82) is 0 Å². The van der Waals surface area contributed by atoms with Crippen LogP contribution in [0.4, 0.5) is 0 Å². The number of phenolic OH excluding ortho intramolecular Hbond substituents is 1. The summed E-state index contributed by atoms with van der Waals surface area (Å²) in [6, 6.07) is 4.55. The Kier molecular flexibility index (Phi) is 6.24. The number of aromatic hydroxyl groups is 1. The summed E-state index contributed by atoms with van der Waals surface area (Å²) in [6.07, 6.45) is 1.51. The van der Waals surface area contributed by atoms with E-state index >= 15 is 0 Å². The van der Waals surface area contributed by atoms with Crippen LogP contribution in [0.1, 0.15) is 17.3 Å². The van der Waals surface area contributed by atoms with Crippen molar-refractivity contribution >= 4 is 27.8 Å². The number of benzene rings is 1. The second-order valence-electron chi connectivity index (χ2n) is 3.94. The fourth-order valence-corrected chi connectivity index (χ4v) is 1.94. The quantitative estimate of drug-likeness (QED) is 0.637. The number of hydrogen-bond donors (Lipinski definition) is 1. The van der Waals surface area contributed by atoms with Crippen molar-refractivity contribution in [3.05, 3.63) is 40.9 Å². The predicted octanol–water partition coefficient (Wildman–Crippen LogP) is 2.35. The maximum Gasteiger partial charge on any atom is 0.325 e. The summed E-state index contributed by atoms with van der Waals surface area (Å²) < 4.78 is 5.48. The minimum absolute atomic E-state index is 0.124. The largest absolute Gasteiger partial charge is 0.507 e. The van der Waals surface area contributed by atoms with Crippen LogP contribution in [-0.4, -0.2) is 41.6 Å². The monoisotopic (exact) mass is 341 g/mol. The van der Waals surface area contributed by atoms with Crippen molar-refractivity contribution in [3.63, 3.8) is 0 Å². The number of phenols is 1. The molecule has 0 unspecified atom stereocenters. The summed E-state index contributed by atoms with van der Waals surface area (Å²) in [7, 11) is 0. The van der Waals surface area contributed by atoms with Crippen LogP contribution < -0.4 is 0 Å². The number of esters is 1. The first kappa shape index (κ1) is 16.2. The Balaban J connectivity index is 2.93. The van der Waals surface area contributed by atoms with Gasteiger partial charge in [-0.25, -0.2) is 0 Å². The lowest BCUT2D eigenvalue weighted by molar-refractivity contribution is -0.143. The Bertz CT molecular complexity index is 516. The Labute approximate surface area is 126 Å². The highest BCUT2D eigenvalue weighted by Crippen LogP contribution is 2.23. The van der Waals surface area contributed by atoms with Crippen LogP contribution in [0.3, 0.4) is 0 Å². The molecule has 1 aromatic rings. The van der Waals surface area contributed by atoms with Gasteiger partial charge in [0.15, 0.2) is 0 Å². The third-order valence-electron chi connectivity index (χ3n) is 2.45. The van der Waals surface area contributed by atoms with Crippen LogP contribution in [-0.2, 0) is 9.53 Å². The molecule has 6 heteroatoms. The van der Waals surface area contributed by atoms with E-state index in [1.165, 1.54) is 23.1 Å². The van der Waals surface area contributed by atoms with Gasteiger partial charge >= 0.3 is 5.97 Å². The molecular formula is C14H16BrNO4. The first-order valence-corrected chi connectivity index (χ1v) is 6.83. The number of halogens is 1. The van der Waals surface area contributed by atoms with Gasteiger partial charge in [-0.05, 0) is 25.1 Å². The number of hydrogen-bond acceptors (Lipinski definition) is 4. The second-order valence-corrected chi connectivity index (χ2v) is 4.86. The van der Waals surface area contributed by atoms with E-state index in [-0.39, 0.29) is 31.0 Å². The third-order valence-corrected chi connectivity index (χ3v) is 2.95. The second kappa shape index (κ2) is 7.69. The van der Waals surface area contributed by atoms with E-state index in [2.05, 4.69) is 22.5 Å². The van der Waals surface area contributed by atoms with Gasteiger partial charge < -0.3 is 14.7 Å². The van der Waals surface area contributed by atoms with Crippen LogP contribution in [0, 0.1) is 0 Å². The normalized spacial score (nSPS) is 9.90. The molecule has 0 atom stereocenters. The third kappa shape index (κ3) is 4.38. The van der Waals surface area contributed by atoms with Crippen molar-refractivity contribution in [2.24, 2.45) is 0 Å². The molecule has 108 valence electrons. The maximum absolute atomic E-state index is 12.3. The number of amides is 1. The SMILES string of the molecule is C=CCN(CC(=O)OCC)C(=O)c1ccc(Br)cc1O. The molecule has 0 saturated carbocycles. The number of carbonyl (C=O) groups excluding carboxylic acids is 2. The molecule has 0 aliphatic rings. The van der Waals surface area contributed by atoms with E-state index in [0.29, 0.717) is 4.47 Å². The summed E-state index contributed by atoms with van der Waals surface area (Å²) in [6.45, 7) is 5.49. The van der Waals surface area contributed by atoms with Gasteiger partial charge in [-0.1, -0.05) is 22.0 Å². The highest BCUT2D eigenvalue weighted by Gasteiger charge is 2.21. The molecule has 1 N–H and O–H groups in total. The molecular weight excluding hydrogens is 326 g/mol. The molecule has 0 bridgehead atoms.